The summed E-state index contributed by atoms with van der Waals surface area (Å²) in [6.45, 7) is 3.65. The molecule has 150 valence electrons. The van der Waals surface area contributed by atoms with Crippen LogP contribution in [0.25, 0.3) is 6.08 Å². The van der Waals surface area contributed by atoms with Crippen LogP contribution in [0.15, 0.2) is 48.2 Å². The van der Waals surface area contributed by atoms with E-state index in [1.54, 1.807) is 37.3 Å². The number of aryl methyl sites for hydroxylation is 1. The number of aromatic hydroxyl groups is 1. The second-order valence-electron chi connectivity index (χ2n) is 6.42. The average Bonchev–Trinajstić information content (AvgIpc) is 2.94. The van der Waals surface area contributed by atoms with Crippen molar-refractivity contribution >= 4 is 29.6 Å². The van der Waals surface area contributed by atoms with E-state index in [0.717, 1.165) is 10.5 Å². The third kappa shape index (κ3) is 4.55. The summed E-state index contributed by atoms with van der Waals surface area (Å²) in [5, 5.41) is 15.3. The van der Waals surface area contributed by atoms with Crippen molar-refractivity contribution in [2.75, 3.05) is 18.5 Å². The predicted molar refractivity (Wildman–Crippen MR) is 107 cm³/mol. The van der Waals surface area contributed by atoms with Crippen LogP contribution in [0.5, 0.6) is 11.5 Å². The zero-order chi connectivity index (χ0) is 21.0. The van der Waals surface area contributed by atoms with Gasteiger partial charge in [-0.1, -0.05) is 29.8 Å². The van der Waals surface area contributed by atoms with Gasteiger partial charge in [0, 0.05) is 11.3 Å². The van der Waals surface area contributed by atoms with Crippen molar-refractivity contribution in [2.45, 2.75) is 13.8 Å². The summed E-state index contributed by atoms with van der Waals surface area (Å²) in [5.41, 5.74) is 1.89. The number of phenolic OH excluding ortho intramolecular Hbond substituents is 1. The largest absolute Gasteiger partial charge is 0.504 e. The highest BCUT2D eigenvalue weighted by atomic mass is 16.5. The number of imide groups is 1. The van der Waals surface area contributed by atoms with Crippen LogP contribution >= 0.6 is 0 Å². The maximum atomic E-state index is 12.6. The van der Waals surface area contributed by atoms with Crippen LogP contribution in [0.2, 0.25) is 0 Å². The molecule has 0 atom stereocenters. The molecule has 1 heterocycles. The molecular formula is C21H21N3O5. The van der Waals surface area contributed by atoms with E-state index >= 15 is 0 Å². The monoisotopic (exact) mass is 395 g/mol. The fraction of sp³-hybridized carbons (Fsp3) is 0.190. The number of anilines is 1. The van der Waals surface area contributed by atoms with Crippen LogP contribution in [0.1, 0.15) is 18.1 Å². The molecule has 8 heteroatoms. The summed E-state index contributed by atoms with van der Waals surface area (Å²) in [6.07, 6.45) is 1.34. The smallest absolute Gasteiger partial charge is 0.329 e. The fourth-order valence-corrected chi connectivity index (χ4v) is 2.78. The maximum absolute atomic E-state index is 12.6. The molecule has 3 rings (SSSR count). The molecule has 0 spiro atoms. The molecule has 0 aliphatic carbocycles. The molecule has 1 fully saturated rings. The van der Waals surface area contributed by atoms with Crippen molar-refractivity contribution in [1.29, 1.82) is 0 Å². The van der Waals surface area contributed by atoms with Crippen molar-refractivity contribution < 1.29 is 24.2 Å². The minimum Gasteiger partial charge on any atom is -0.504 e. The summed E-state index contributed by atoms with van der Waals surface area (Å²) >= 11 is 0. The molecule has 0 saturated carbocycles. The van der Waals surface area contributed by atoms with Gasteiger partial charge in [0.25, 0.3) is 5.91 Å². The van der Waals surface area contributed by atoms with E-state index in [9.17, 15) is 19.5 Å². The summed E-state index contributed by atoms with van der Waals surface area (Å²) in [4.78, 5) is 37.7. The fourth-order valence-electron chi connectivity index (χ4n) is 2.78. The Morgan fingerprint density at radius 1 is 1.21 bits per heavy atom. The van der Waals surface area contributed by atoms with Gasteiger partial charge in [0.2, 0.25) is 5.91 Å². The Kier molecular flexibility index (Phi) is 5.82. The third-order valence-corrected chi connectivity index (χ3v) is 4.23. The Balaban J connectivity index is 1.72. The molecule has 2 aromatic rings. The van der Waals surface area contributed by atoms with Crippen molar-refractivity contribution in [3.8, 4) is 11.5 Å². The highest BCUT2D eigenvalue weighted by Crippen LogP contribution is 2.31. The lowest BCUT2D eigenvalue weighted by molar-refractivity contribution is -0.127. The predicted octanol–water partition coefficient (Wildman–Crippen LogP) is 2.63. The number of benzene rings is 2. The number of hydrogen-bond donors (Lipinski definition) is 3. The topological polar surface area (TPSA) is 108 Å². The first-order valence-corrected chi connectivity index (χ1v) is 9.05. The highest BCUT2D eigenvalue weighted by molar-refractivity contribution is 6.16. The van der Waals surface area contributed by atoms with Crippen LogP contribution < -0.4 is 15.4 Å². The molecule has 0 unspecified atom stereocenters. The first kappa shape index (κ1) is 19.9. The molecule has 1 saturated heterocycles. The summed E-state index contributed by atoms with van der Waals surface area (Å²) in [6, 6.07) is 11.3. The van der Waals surface area contributed by atoms with E-state index < -0.39 is 24.4 Å². The second-order valence-corrected chi connectivity index (χ2v) is 6.42. The van der Waals surface area contributed by atoms with Crippen molar-refractivity contribution in [3.05, 3.63) is 59.3 Å². The highest BCUT2D eigenvalue weighted by Gasteiger charge is 2.35. The van der Waals surface area contributed by atoms with Gasteiger partial charge in [0.05, 0.1) is 6.61 Å². The molecular weight excluding hydrogens is 374 g/mol. The first-order chi connectivity index (χ1) is 13.9. The SMILES string of the molecule is CCOc1cccc(C=C2NC(=O)N(CC(=O)Nc3ccc(C)cc3)C2=O)c1O. The number of amides is 4. The van der Waals surface area contributed by atoms with Crippen LogP contribution in [0, 0.1) is 6.92 Å². The number of phenols is 1. The summed E-state index contributed by atoms with van der Waals surface area (Å²) in [7, 11) is 0. The van der Waals surface area contributed by atoms with Gasteiger partial charge in [-0.15, -0.1) is 0 Å². The molecule has 3 N–H and O–H groups in total. The molecule has 0 aromatic heterocycles. The minimum absolute atomic E-state index is 0.0397. The molecule has 0 radical (unpaired) electrons. The molecule has 0 bridgehead atoms. The number of nitrogens with zero attached hydrogens (tertiary/aromatic N) is 1. The lowest BCUT2D eigenvalue weighted by Crippen LogP contribution is -2.38. The number of hydrogen-bond acceptors (Lipinski definition) is 5. The van der Waals surface area contributed by atoms with E-state index in [2.05, 4.69) is 10.6 Å². The number of urea groups is 1. The van der Waals surface area contributed by atoms with Crippen LogP contribution in [0.3, 0.4) is 0 Å². The van der Waals surface area contributed by atoms with E-state index in [1.165, 1.54) is 6.08 Å². The normalized spacial score (nSPS) is 14.8. The number of rotatable bonds is 6. The number of carbonyl (C=O) groups is 3. The zero-order valence-electron chi connectivity index (χ0n) is 16.1. The molecule has 1 aliphatic rings. The van der Waals surface area contributed by atoms with Gasteiger partial charge in [-0.25, -0.2) is 9.69 Å². The molecule has 2 aromatic carbocycles. The number of carbonyl (C=O) groups excluding carboxylic acids is 3. The van der Waals surface area contributed by atoms with E-state index in [-0.39, 0.29) is 17.2 Å². The maximum Gasteiger partial charge on any atom is 0.329 e. The lowest BCUT2D eigenvalue weighted by Gasteiger charge is -2.12. The third-order valence-electron chi connectivity index (χ3n) is 4.23. The Bertz CT molecular complexity index is 982. The van der Waals surface area contributed by atoms with Crippen molar-refractivity contribution in [2.24, 2.45) is 0 Å². The van der Waals surface area contributed by atoms with Crippen molar-refractivity contribution in [3.63, 3.8) is 0 Å². The van der Waals surface area contributed by atoms with Gasteiger partial charge < -0.3 is 20.5 Å². The van der Waals surface area contributed by atoms with Crippen molar-refractivity contribution in [1.82, 2.24) is 10.2 Å². The molecule has 1 aliphatic heterocycles. The second kappa shape index (κ2) is 8.47. The average molecular weight is 395 g/mol. The van der Waals surface area contributed by atoms with Gasteiger partial charge in [0.15, 0.2) is 11.5 Å². The Morgan fingerprint density at radius 2 is 1.93 bits per heavy atom. The van der Waals surface area contributed by atoms with E-state index in [4.69, 9.17) is 4.74 Å². The minimum atomic E-state index is -0.708. The van der Waals surface area contributed by atoms with Gasteiger partial charge in [0.1, 0.15) is 12.2 Å². The Hall–Kier alpha value is -3.81. The van der Waals surface area contributed by atoms with Crippen LogP contribution in [-0.4, -0.2) is 41.0 Å². The summed E-state index contributed by atoms with van der Waals surface area (Å²) < 4.78 is 5.31. The van der Waals surface area contributed by atoms with E-state index in [0.29, 0.717) is 17.9 Å². The number of ether oxygens (including phenoxy) is 1. The molecule has 4 amide bonds. The number of para-hydroxylation sites is 1. The molecule has 29 heavy (non-hydrogen) atoms. The zero-order valence-corrected chi connectivity index (χ0v) is 16.1. The van der Waals surface area contributed by atoms with Crippen LogP contribution in [-0.2, 0) is 9.59 Å². The van der Waals surface area contributed by atoms with Gasteiger partial charge in [-0.2, -0.15) is 0 Å². The summed E-state index contributed by atoms with van der Waals surface area (Å²) in [5.74, 6) is -1.03. The standard InChI is InChI=1S/C21H21N3O5/c1-3-29-17-6-4-5-14(19(17)26)11-16-20(27)24(21(28)23-16)12-18(25)22-15-9-7-13(2)8-10-15/h4-11,26H,3,12H2,1-2H3,(H,22,25)(H,23,28). The number of nitrogens with one attached hydrogen (secondary N) is 2. The van der Waals surface area contributed by atoms with Crippen LogP contribution in [0.4, 0.5) is 10.5 Å². The van der Waals surface area contributed by atoms with Gasteiger partial charge in [-0.05, 0) is 38.1 Å². The first-order valence-electron chi connectivity index (χ1n) is 9.05. The van der Waals surface area contributed by atoms with Gasteiger partial charge >= 0.3 is 6.03 Å². The quantitative estimate of drug-likeness (QED) is 0.515. The molecule has 8 nitrogen and oxygen atoms in total. The van der Waals surface area contributed by atoms with E-state index in [1.807, 2.05) is 19.1 Å². The Labute approximate surface area is 167 Å². The lowest BCUT2D eigenvalue weighted by atomic mass is 10.1. The van der Waals surface area contributed by atoms with Gasteiger partial charge in [-0.3, -0.25) is 9.59 Å². The Morgan fingerprint density at radius 3 is 2.62 bits per heavy atom.